The Labute approximate surface area is 67.8 Å². The first-order chi connectivity index (χ1) is 5.43. The van der Waals surface area contributed by atoms with Gasteiger partial charge in [-0.3, -0.25) is 9.69 Å². The third kappa shape index (κ3) is 3.37. The van der Waals surface area contributed by atoms with Crippen LogP contribution in [0.3, 0.4) is 0 Å². The molecule has 63 valence electrons. The monoisotopic (exact) mass is 155 g/mol. The van der Waals surface area contributed by atoms with Gasteiger partial charge in [0.25, 0.3) is 0 Å². The van der Waals surface area contributed by atoms with Crippen molar-refractivity contribution in [1.82, 2.24) is 10.2 Å². The fourth-order valence-electron chi connectivity index (χ4n) is 1.33. The summed E-state index contributed by atoms with van der Waals surface area (Å²) in [5.41, 5.74) is 0. The summed E-state index contributed by atoms with van der Waals surface area (Å²) in [7, 11) is 0. The van der Waals surface area contributed by atoms with Crippen LogP contribution in [0.15, 0.2) is 0 Å². The maximum absolute atomic E-state index is 9.90. The maximum Gasteiger partial charge on any atom is 0.207 e. The van der Waals surface area contributed by atoms with Gasteiger partial charge in [0.1, 0.15) is 0 Å². The Balaban J connectivity index is 2.00. The van der Waals surface area contributed by atoms with Gasteiger partial charge >= 0.3 is 0 Å². The maximum atomic E-state index is 9.90. The van der Waals surface area contributed by atoms with Crippen LogP contribution in [0.4, 0.5) is 0 Å². The molecule has 1 aliphatic heterocycles. The number of rotatable bonds is 4. The number of nitrogens with one attached hydrogen (secondary N) is 1. The highest BCUT2D eigenvalue weighted by atomic mass is 16.1. The lowest BCUT2D eigenvalue weighted by atomic mass is 10.1. The van der Waals surface area contributed by atoms with Crippen molar-refractivity contribution in [2.75, 3.05) is 19.6 Å². The lowest BCUT2D eigenvalue weighted by molar-refractivity contribution is -0.109. The van der Waals surface area contributed by atoms with Crippen LogP contribution in [-0.2, 0) is 4.79 Å². The number of carbonyl (C=O) groups excluding carboxylic acids is 1. The average Bonchev–Trinajstić information content (AvgIpc) is 2.07. The standard InChI is InChI=1S/C8H15N2O/c11-8-9-4-7-10-5-2-1-3-6-10/h7-8H,1-6H2,(H,9,11). The number of hydrogen-bond acceptors (Lipinski definition) is 2. The minimum atomic E-state index is 0.670. The minimum Gasteiger partial charge on any atom is -0.357 e. The first-order valence-electron chi connectivity index (χ1n) is 4.18. The molecule has 1 N–H and O–H groups in total. The zero-order chi connectivity index (χ0) is 7.94. The van der Waals surface area contributed by atoms with E-state index in [0.717, 1.165) is 19.5 Å². The molecule has 3 nitrogen and oxygen atoms in total. The van der Waals surface area contributed by atoms with Gasteiger partial charge in [-0.25, -0.2) is 0 Å². The number of amides is 1. The second kappa shape index (κ2) is 5.13. The van der Waals surface area contributed by atoms with Gasteiger partial charge in [0.2, 0.25) is 6.41 Å². The summed E-state index contributed by atoms with van der Waals surface area (Å²) in [6, 6.07) is 0. The first kappa shape index (κ1) is 8.53. The molecule has 0 aromatic carbocycles. The second-order valence-corrected chi connectivity index (χ2v) is 2.81. The molecule has 0 aliphatic carbocycles. The summed E-state index contributed by atoms with van der Waals surface area (Å²) in [6.07, 6.45) is 4.67. The van der Waals surface area contributed by atoms with Crippen LogP contribution >= 0.6 is 0 Å². The van der Waals surface area contributed by atoms with Gasteiger partial charge in [0.05, 0.1) is 0 Å². The predicted octanol–water partition coefficient (Wildman–Crippen LogP) is 0.380. The Kier molecular flexibility index (Phi) is 3.98. The van der Waals surface area contributed by atoms with Crippen LogP contribution in [0.25, 0.3) is 0 Å². The molecule has 1 amide bonds. The Morgan fingerprint density at radius 2 is 2.00 bits per heavy atom. The lowest BCUT2D eigenvalue weighted by Crippen LogP contribution is -2.31. The van der Waals surface area contributed by atoms with Crippen molar-refractivity contribution in [3.05, 3.63) is 6.54 Å². The summed E-state index contributed by atoms with van der Waals surface area (Å²) < 4.78 is 0. The molecule has 0 aromatic rings. The highest BCUT2D eigenvalue weighted by molar-refractivity contribution is 5.45. The molecule has 3 heteroatoms. The highest BCUT2D eigenvalue weighted by Crippen LogP contribution is 2.08. The fraction of sp³-hybridized carbons (Fsp3) is 0.750. The number of piperidine rings is 1. The number of hydrogen-bond donors (Lipinski definition) is 1. The van der Waals surface area contributed by atoms with Crippen molar-refractivity contribution in [3.8, 4) is 0 Å². The molecule has 0 atom stereocenters. The Bertz CT molecular complexity index is 111. The molecule has 1 radical (unpaired) electrons. The predicted molar refractivity (Wildman–Crippen MR) is 43.8 cm³/mol. The molecule has 0 unspecified atom stereocenters. The third-order valence-corrected chi connectivity index (χ3v) is 1.94. The Hall–Kier alpha value is -0.570. The van der Waals surface area contributed by atoms with E-state index in [4.69, 9.17) is 0 Å². The second-order valence-electron chi connectivity index (χ2n) is 2.81. The topological polar surface area (TPSA) is 32.3 Å². The lowest BCUT2D eigenvalue weighted by Gasteiger charge is -2.25. The van der Waals surface area contributed by atoms with E-state index in [-0.39, 0.29) is 0 Å². The number of nitrogens with zero attached hydrogens (tertiary/aromatic N) is 1. The van der Waals surface area contributed by atoms with Crippen LogP contribution in [0.1, 0.15) is 19.3 Å². The van der Waals surface area contributed by atoms with E-state index in [0.29, 0.717) is 6.54 Å². The van der Waals surface area contributed by atoms with E-state index < -0.39 is 0 Å². The van der Waals surface area contributed by atoms with E-state index in [1.54, 1.807) is 0 Å². The molecule has 1 aliphatic rings. The quantitative estimate of drug-likeness (QED) is 0.470. The first-order valence-corrected chi connectivity index (χ1v) is 4.18. The van der Waals surface area contributed by atoms with Gasteiger partial charge in [-0.15, -0.1) is 0 Å². The highest BCUT2D eigenvalue weighted by Gasteiger charge is 2.08. The molecule has 1 rings (SSSR count). The van der Waals surface area contributed by atoms with Gasteiger partial charge in [-0.1, -0.05) is 6.42 Å². The number of likely N-dealkylation sites (tertiary alicyclic amines) is 1. The van der Waals surface area contributed by atoms with E-state index in [9.17, 15) is 4.79 Å². The molecule has 0 bridgehead atoms. The van der Waals surface area contributed by atoms with Crippen LogP contribution in [0.5, 0.6) is 0 Å². The molecule has 1 fully saturated rings. The zero-order valence-corrected chi connectivity index (χ0v) is 6.75. The normalized spacial score (nSPS) is 19.6. The van der Waals surface area contributed by atoms with Crippen molar-refractivity contribution in [2.24, 2.45) is 0 Å². The van der Waals surface area contributed by atoms with Gasteiger partial charge < -0.3 is 5.32 Å². The summed E-state index contributed by atoms with van der Waals surface area (Å²) in [5.74, 6) is 0. The van der Waals surface area contributed by atoms with Gasteiger partial charge in [-0.2, -0.15) is 0 Å². The SMILES string of the molecule is O=CNC[CH]N1CCCCC1. The van der Waals surface area contributed by atoms with Crippen molar-refractivity contribution in [2.45, 2.75) is 19.3 Å². The van der Waals surface area contributed by atoms with Crippen molar-refractivity contribution in [1.29, 1.82) is 0 Å². The third-order valence-electron chi connectivity index (χ3n) is 1.94. The van der Waals surface area contributed by atoms with Crippen molar-refractivity contribution >= 4 is 6.41 Å². The Morgan fingerprint density at radius 1 is 1.27 bits per heavy atom. The fourth-order valence-corrected chi connectivity index (χ4v) is 1.33. The van der Waals surface area contributed by atoms with Gasteiger partial charge in [-0.05, 0) is 25.9 Å². The van der Waals surface area contributed by atoms with E-state index in [1.807, 2.05) is 0 Å². The summed E-state index contributed by atoms with van der Waals surface area (Å²) in [6.45, 7) is 5.04. The summed E-state index contributed by atoms with van der Waals surface area (Å²) >= 11 is 0. The molecule has 0 spiro atoms. The minimum absolute atomic E-state index is 0.670. The smallest absolute Gasteiger partial charge is 0.207 e. The molecule has 0 aromatic heterocycles. The average molecular weight is 155 g/mol. The Morgan fingerprint density at radius 3 is 2.64 bits per heavy atom. The van der Waals surface area contributed by atoms with E-state index in [2.05, 4.69) is 16.8 Å². The summed E-state index contributed by atoms with van der Waals surface area (Å²) in [4.78, 5) is 12.2. The van der Waals surface area contributed by atoms with Gasteiger partial charge in [0, 0.05) is 13.1 Å². The molecule has 0 saturated carbocycles. The van der Waals surface area contributed by atoms with Crippen molar-refractivity contribution in [3.63, 3.8) is 0 Å². The van der Waals surface area contributed by atoms with Crippen molar-refractivity contribution < 1.29 is 4.79 Å². The number of carbonyl (C=O) groups is 1. The molecular formula is C8H15N2O. The van der Waals surface area contributed by atoms with Gasteiger partial charge in [0.15, 0.2) is 0 Å². The zero-order valence-electron chi connectivity index (χ0n) is 6.75. The largest absolute Gasteiger partial charge is 0.357 e. The molecule has 1 heterocycles. The van der Waals surface area contributed by atoms with E-state index in [1.165, 1.54) is 19.3 Å². The molecule has 11 heavy (non-hydrogen) atoms. The molecule has 1 saturated heterocycles. The summed E-state index contributed by atoms with van der Waals surface area (Å²) in [5, 5.41) is 2.62. The van der Waals surface area contributed by atoms with E-state index >= 15 is 0 Å². The van der Waals surface area contributed by atoms with Crippen LogP contribution in [0, 0.1) is 6.54 Å². The molecular weight excluding hydrogens is 140 g/mol. The van der Waals surface area contributed by atoms with Crippen LogP contribution in [0.2, 0.25) is 0 Å². The van der Waals surface area contributed by atoms with Crippen LogP contribution in [-0.4, -0.2) is 30.9 Å². The van der Waals surface area contributed by atoms with Crippen LogP contribution < -0.4 is 5.32 Å².